The topological polar surface area (TPSA) is 76.1 Å². The molecule has 0 saturated heterocycles. The summed E-state index contributed by atoms with van der Waals surface area (Å²) in [5.74, 6) is 0.448. The molecule has 0 aromatic heterocycles. The van der Waals surface area contributed by atoms with E-state index in [0.29, 0.717) is 24.3 Å². The highest BCUT2D eigenvalue weighted by Gasteiger charge is 2.18. The second kappa shape index (κ2) is 9.02. The Balaban J connectivity index is 2.74. The van der Waals surface area contributed by atoms with Crippen LogP contribution in [0.5, 0.6) is 11.5 Å². The van der Waals surface area contributed by atoms with Crippen molar-refractivity contribution in [3.63, 3.8) is 0 Å². The van der Waals surface area contributed by atoms with Gasteiger partial charge in [0.1, 0.15) is 11.5 Å². The molecule has 1 rings (SSSR count). The van der Waals surface area contributed by atoms with Gasteiger partial charge >= 0.3 is 5.97 Å². The summed E-state index contributed by atoms with van der Waals surface area (Å²) in [6, 6.07) is 5.43. The molecule has 0 aliphatic rings. The number of carboxylic acids is 1. The Morgan fingerprint density at radius 1 is 1.17 bits per heavy atom. The fraction of sp³-hybridized carbons (Fsp3) is 0.529. The number of aryl methyl sites for hydroxylation is 1. The van der Waals surface area contributed by atoms with Gasteiger partial charge in [0.2, 0.25) is 5.91 Å². The van der Waals surface area contributed by atoms with Crippen molar-refractivity contribution in [1.29, 1.82) is 0 Å². The van der Waals surface area contributed by atoms with Crippen LogP contribution in [0.1, 0.15) is 32.3 Å². The molecule has 1 amide bonds. The summed E-state index contributed by atoms with van der Waals surface area (Å²) < 4.78 is 10.5. The van der Waals surface area contributed by atoms with Crippen molar-refractivity contribution < 1.29 is 24.2 Å². The highest BCUT2D eigenvalue weighted by Crippen LogP contribution is 2.25. The van der Waals surface area contributed by atoms with Crippen molar-refractivity contribution in [2.75, 3.05) is 20.8 Å². The van der Waals surface area contributed by atoms with Gasteiger partial charge in [-0.1, -0.05) is 0 Å². The third-order valence-electron chi connectivity index (χ3n) is 3.61. The van der Waals surface area contributed by atoms with E-state index in [4.69, 9.17) is 14.6 Å². The van der Waals surface area contributed by atoms with Crippen molar-refractivity contribution >= 4 is 11.9 Å². The molecular weight excluding hydrogens is 298 g/mol. The van der Waals surface area contributed by atoms with Crippen LogP contribution >= 0.6 is 0 Å². The normalized spacial score (nSPS) is 10.5. The average Bonchev–Trinajstić information content (AvgIpc) is 2.52. The van der Waals surface area contributed by atoms with Gasteiger partial charge in [0.05, 0.1) is 20.6 Å². The highest BCUT2D eigenvalue weighted by atomic mass is 16.5. The molecule has 1 aromatic rings. The van der Waals surface area contributed by atoms with Crippen LogP contribution in [-0.4, -0.2) is 48.7 Å². The summed E-state index contributed by atoms with van der Waals surface area (Å²) in [5.41, 5.74) is 0.891. The van der Waals surface area contributed by atoms with Crippen LogP contribution in [-0.2, 0) is 16.0 Å². The Bertz CT molecular complexity index is 542. The molecule has 0 unspecified atom stereocenters. The molecule has 23 heavy (non-hydrogen) atoms. The predicted molar refractivity (Wildman–Crippen MR) is 87.0 cm³/mol. The van der Waals surface area contributed by atoms with Gasteiger partial charge in [-0.25, -0.2) is 0 Å². The maximum absolute atomic E-state index is 12.4. The van der Waals surface area contributed by atoms with E-state index < -0.39 is 5.97 Å². The quantitative estimate of drug-likeness (QED) is 0.755. The number of hydrogen-bond donors (Lipinski definition) is 1. The van der Waals surface area contributed by atoms with Gasteiger partial charge in [0.25, 0.3) is 0 Å². The number of carbonyl (C=O) groups excluding carboxylic acids is 1. The molecule has 0 saturated carbocycles. The number of amides is 1. The van der Waals surface area contributed by atoms with E-state index in [9.17, 15) is 9.59 Å². The van der Waals surface area contributed by atoms with Crippen LogP contribution in [0.3, 0.4) is 0 Å². The fourth-order valence-corrected chi connectivity index (χ4v) is 2.35. The number of ether oxygens (including phenoxy) is 2. The minimum Gasteiger partial charge on any atom is -0.497 e. The third-order valence-corrected chi connectivity index (χ3v) is 3.61. The zero-order valence-electron chi connectivity index (χ0n) is 14.2. The van der Waals surface area contributed by atoms with Crippen LogP contribution in [0.4, 0.5) is 0 Å². The summed E-state index contributed by atoms with van der Waals surface area (Å²) in [7, 11) is 3.17. The Labute approximate surface area is 137 Å². The van der Waals surface area contributed by atoms with E-state index in [-0.39, 0.29) is 24.9 Å². The lowest BCUT2D eigenvalue weighted by molar-refractivity contribution is -0.139. The van der Waals surface area contributed by atoms with E-state index in [1.54, 1.807) is 25.2 Å². The van der Waals surface area contributed by atoms with Crippen molar-refractivity contribution in [2.24, 2.45) is 0 Å². The van der Waals surface area contributed by atoms with E-state index in [1.165, 1.54) is 0 Å². The summed E-state index contributed by atoms with van der Waals surface area (Å²) in [6.45, 7) is 3.98. The number of benzene rings is 1. The smallest absolute Gasteiger partial charge is 0.305 e. The largest absolute Gasteiger partial charge is 0.497 e. The molecule has 0 aliphatic carbocycles. The van der Waals surface area contributed by atoms with Gasteiger partial charge in [-0.2, -0.15) is 0 Å². The molecule has 0 atom stereocenters. The predicted octanol–water partition coefficient (Wildman–Crippen LogP) is 2.35. The van der Waals surface area contributed by atoms with Crippen molar-refractivity contribution in [2.45, 2.75) is 39.2 Å². The lowest BCUT2D eigenvalue weighted by atomic mass is 10.1. The molecule has 6 heteroatoms. The van der Waals surface area contributed by atoms with E-state index in [0.717, 1.165) is 5.56 Å². The maximum Gasteiger partial charge on any atom is 0.305 e. The number of carboxylic acid groups (broad SMARTS) is 1. The first-order chi connectivity index (χ1) is 10.9. The number of carbonyl (C=O) groups is 2. The number of nitrogens with zero attached hydrogens (tertiary/aromatic N) is 1. The molecule has 128 valence electrons. The Morgan fingerprint density at radius 3 is 2.39 bits per heavy atom. The Kier molecular flexibility index (Phi) is 7.38. The van der Waals surface area contributed by atoms with Crippen LogP contribution < -0.4 is 9.47 Å². The summed E-state index contributed by atoms with van der Waals surface area (Å²) in [4.78, 5) is 24.7. The van der Waals surface area contributed by atoms with Crippen molar-refractivity contribution in [3.8, 4) is 11.5 Å². The number of aliphatic carboxylic acids is 1. The van der Waals surface area contributed by atoms with Crippen molar-refractivity contribution in [1.82, 2.24) is 4.90 Å². The SMILES string of the molecule is COc1ccc(OC)c(CCC(=O)N(CCC(=O)O)C(C)C)c1. The standard InChI is InChI=1S/C17H25NO5/c1-12(2)18(10-9-17(20)21)16(19)8-5-13-11-14(22-3)6-7-15(13)23-4/h6-7,11-12H,5,8-10H2,1-4H3,(H,20,21). The second-order valence-corrected chi connectivity index (χ2v) is 5.50. The molecule has 0 spiro atoms. The second-order valence-electron chi connectivity index (χ2n) is 5.50. The average molecular weight is 323 g/mol. The summed E-state index contributed by atoms with van der Waals surface area (Å²) >= 11 is 0. The van der Waals surface area contributed by atoms with Gasteiger partial charge < -0.3 is 19.5 Å². The van der Waals surface area contributed by atoms with Gasteiger partial charge in [-0.3, -0.25) is 9.59 Å². The third kappa shape index (κ3) is 5.81. The molecule has 0 aliphatic heterocycles. The monoisotopic (exact) mass is 323 g/mol. The molecule has 1 aromatic carbocycles. The molecule has 0 bridgehead atoms. The first kappa shape index (κ1) is 18.8. The summed E-state index contributed by atoms with van der Waals surface area (Å²) in [6.07, 6.45) is 0.753. The lowest BCUT2D eigenvalue weighted by Crippen LogP contribution is -2.38. The molecular formula is C17H25NO5. The van der Waals surface area contributed by atoms with Crippen LogP contribution in [0, 0.1) is 0 Å². The summed E-state index contributed by atoms with van der Waals surface area (Å²) in [5, 5.41) is 8.79. The van der Waals surface area contributed by atoms with Gasteiger partial charge in [-0.15, -0.1) is 0 Å². The fourth-order valence-electron chi connectivity index (χ4n) is 2.35. The van der Waals surface area contributed by atoms with Crippen molar-refractivity contribution in [3.05, 3.63) is 23.8 Å². The molecule has 1 N–H and O–H groups in total. The molecule has 0 radical (unpaired) electrons. The number of rotatable bonds is 9. The number of hydrogen-bond acceptors (Lipinski definition) is 4. The minimum absolute atomic E-state index is 0.0333. The van der Waals surface area contributed by atoms with Gasteiger partial charge in [-0.05, 0) is 44.0 Å². The minimum atomic E-state index is -0.905. The Hall–Kier alpha value is -2.24. The Morgan fingerprint density at radius 2 is 1.87 bits per heavy atom. The first-order valence-corrected chi connectivity index (χ1v) is 7.61. The number of methoxy groups -OCH3 is 2. The molecule has 0 fully saturated rings. The van der Waals surface area contributed by atoms with E-state index >= 15 is 0 Å². The first-order valence-electron chi connectivity index (χ1n) is 7.61. The lowest BCUT2D eigenvalue weighted by Gasteiger charge is -2.26. The maximum atomic E-state index is 12.4. The van der Waals surface area contributed by atoms with Crippen LogP contribution in [0.25, 0.3) is 0 Å². The van der Waals surface area contributed by atoms with Gasteiger partial charge in [0.15, 0.2) is 0 Å². The zero-order chi connectivity index (χ0) is 17.4. The highest BCUT2D eigenvalue weighted by molar-refractivity contribution is 5.77. The van der Waals surface area contributed by atoms with E-state index in [2.05, 4.69) is 0 Å². The van der Waals surface area contributed by atoms with Crippen LogP contribution in [0.15, 0.2) is 18.2 Å². The molecule has 6 nitrogen and oxygen atoms in total. The van der Waals surface area contributed by atoms with E-state index in [1.807, 2.05) is 26.0 Å². The van der Waals surface area contributed by atoms with Gasteiger partial charge in [0, 0.05) is 19.0 Å². The molecule has 0 heterocycles. The zero-order valence-corrected chi connectivity index (χ0v) is 14.2. The van der Waals surface area contributed by atoms with Crippen LogP contribution in [0.2, 0.25) is 0 Å².